The number of carbonyl (C=O) groups is 1. The molecule has 2 saturated heterocycles. The van der Waals surface area contributed by atoms with Crippen LogP contribution in [0.2, 0.25) is 0 Å². The van der Waals surface area contributed by atoms with E-state index in [1.165, 1.54) is 12.8 Å². The monoisotopic (exact) mass is 332 g/mol. The van der Waals surface area contributed by atoms with Gasteiger partial charge in [0, 0.05) is 51.1 Å². The zero-order chi connectivity index (χ0) is 16.9. The van der Waals surface area contributed by atoms with Crippen LogP contribution in [0.1, 0.15) is 37.6 Å². The van der Waals surface area contributed by atoms with E-state index in [1.807, 2.05) is 4.90 Å². The van der Waals surface area contributed by atoms with Gasteiger partial charge in [-0.2, -0.15) is 0 Å². The van der Waals surface area contributed by atoms with Gasteiger partial charge < -0.3 is 14.5 Å². The Hall–Kier alpha value is -1.69. The zero-order valence-electron chi connectivity index (χ0n) is 14.8. The van der Waals surface area contributed by atoms with Gasteiger partial charge in [-0.15, -0.1) is 0 Å². The number of methoxy groups -OCH3 is 1. The summed E-state index contributed by atoms with van der Waals surface area (Å²) in [6.45, 7) is 6.34. The molecular formula is C18H28N4O2. The summed E-state index contributed by atoms with van der Waals surface area (Å²) in [7, 11) is 1.67. The van der Waals surface area contributed by atoms with Crippen LogP contribution in [-0.2, 0) is 22.4 Å². The number of hydrogen-bond donors (Lipinski definition) is 0. The highest BCUT2D eigenvalue weighted by atomic mass is 16.5. The van der Waals surface area contributed by atoms with Crippen LogP contribution in [-0.4, -0.2) is 60.7 Å². The van der Waals surface area contributed by atoms with E-state index in [0.29, 0.717) is 25.5 Å². The molecule has 1 amide bonds. The van der Waals surface area contributed by atoms with Crippen molar-refractivity contribution in [2.45, 2.75) is 39.0 Å². The van der Waals surface area contributed by atoms with Crippen molar-refractivity contribution in [1.82, 2.24) is 14.9 Å². The van der Waals surface area contributed by atoms with Crippen LogP contribution in [0.15, 0.2) is 6.07 Å². The van der Waals surface area contributed by atoms with Crippen LogP contribution in [0.4, 0.5) is 5.95 Å². The SMILES string of the molecule is CCc1cc(CC2CC(=O)N(CCOC)C2)nc(N2CCCC2)n1. The lowest BCUT2D eigenvalue weighted by Crippen LogP contribution is -2.29. The highest BCUT2D eigenvalue weighted by molar-refractivity contribution is 5.78. The minimum atomic E-state index is 0.238. The molecule has 6 nitrogen and oxygen atoms in total. The maximum atomic E-state index is 12.1. The van der Waals surface area contributed by atoms with E-state index in [0.717, 1.165) is 49.8 Å². The molecule has 0 saturated carbocycles. The first kappa shape index (κ1) is 17.1. The maximum absolute atomic E-state index is 12.1. The number of hydrogen-bond acceptors (Lipinski definition) is 5. The molecular weight excluding hydrogens is 304 g/mol. The summed E-state index contributed by atoms with van der Waals surface area (Å²) in [5, 5.41) is 0. The number of aromatic nitrogens is 2. The van der Waals surface area contributed by atoms with Crippen LogP contribution in [0, 0.1) is 5.92 Å². The highest BCUT2D eigenvalue weighted by Crippen LogP contribution is 2.23. The van der Waals surface area contributed by atoms with Crippen molar-refractivity contribution in [1.29, 1.82) is 0 Å². The van der Waals surface area contributed by atoms with E-state index in [4.69, 9.17) is 14.7 Å². The summed E-state index contributed by atoms with van der Waals surface area (Å²) in [4.78, 5) is 25.8. The number of amides is 1. The molecule has 1 aromatic rings. The first-order valence-corrected chi connectivity index (χ1v) is 9.08. The molecule has 0 bridgehead atoms. The van der Waals surface area contributed by atoms with E-state index in [2.05, 4.69) is 17.9 Å². The number of aryl methyl sites for hydroxylation is 1. The molecule has 0 spiro atoms. The molecule has 0 aliphatic carbocycles. The molecule has 2 aliphatic rings. The third-order valence-electron chi connectivity index (χ3n) is 4.93. The van der Waals surface area contributed by atoms with E-state index in [9.17, 15) is 4.79 Å². The summed E-state index contributed by atoms with van der Waals surface area (Å²) in [6, 6.07) is 2.11. The van der Waals surface area contributed by atoms with E-state index in [1.54, 1.807) is 7.11 Å². The Kier molecular flexibility index (Phi) is 5.66. The molecule has 1 aromatic heterocycles. The standard InChI is InChI=1S/C18H28N4O2/c1-3-15-12-16(20-18(19-15)21-6-4-5-7-21)10-14-11-17(23)22(13-14)8-9-24-2/h12,14H,3-11,13H2,1-2H3. The smallest absolute Gasteiger partial charge is 0.225 e. The lowest BCUT2D eigenvalue weighted by atomic mass is 10.0. The minimum absolute atomic E-state index is 0.238. The Morgan fingerprint density at radius 1 is 1.25 bits per heavy atom. The molecule has 132 valence electrons. The largest absolute Gasteiger partial charge is 0.383 e. The molecule has 24 heavy (non-hydrogen) atoms. The van der Waals surface area contributed by atoms with Crippen molar-refractivity contribution in [3.63, 3.8) is 0 Å². The van der Waals surface area contributed by atoms with Gasteiger partial charge in [-0.25, -0.2) is 9.97 Å². The Bertz CT molecular complexity index is 572. The number of carbonyl (C=O) groups excluding carboxylic acids is 1. The lowest BCUT2D eigenvalue weighted by Gasteiger charge is -2.18. The Balaban J connectivity index is 1.68. The van der Waals surface area contributed by atoms with Crippen molar-refractivity contribution in [3.8, 4) is 0 Å². The molecule has 2 aliphatic heterocycles. The predicted molar refractivity (Wildman–Crippen MR) is 93.1 cm³/mol. The van der Waals surface area contributed by atoms with Crippen molar-refractivity contribution in [3.05, 3.63) is 17.5 Å². The van der Waals surface area contributed by atoms with Gasteiger partial charge in [0.25, 0.3) is 0 Å². The van der Waals surface area contributed by atoms with Crippen LogP contribution < -0.4 is 4.90 Å². The highest BCUT2D eigenvalue weighted by Gasteiger charge is 2.30. The van der Waals surface area contributed by atoms with E-state index >= 15 is 0 Å². The summed E-state index contributed by atoms with van der Waals surface area (Å²) in [5.74, 6) is 1.46. The first-order valence-electron chi connectivity index (χ1n) is 9.08. The van der Waals surface area contributed by atoms with E-state index in [-0.39, 0.29) is 5.91 Å². The molecule has 0 N–H and O–H groups in total. The minimum Gasteiger partial charge on any atom is -0.383 e. The van der Waals surface area contributed by atoms with Crippen LogP contribution in [0.25, 0.3) is 0 Å². The fourth-order valence-electron chi connectivity index (χ4n) is 3.59. The van der Waals surface area contributed by atoms with Crippen LogP contribution in [0.3, 0.4) is 0 Å². The summed E-state index contributed by atoms with van der Waals surface area (Å²) in [6.07, 6.45) is 4.83. The third kappa shape index (κ3) is 4.04. The fraction of sp³-hybridized carbons (Fsp3) is 0.722. The van der Waals surface area contributed by atoms with E-state index < -0.39 is 0 Å². The molecule has 2 fully saturated rings. The Labute approximate surface area is 144 Å². The van der Waals surface area contributed by atoms with Gasteiger partial charge in [0.15, 0.2) is 0 Å². The average molecular weight is 332 g/mol. The van der Waals surface area contributed by atoms with Gasteiger partial charge in [-0.05, 0) is 37.7 Å². The van der Waals surface area contributed by atoms with Crippen LogP contribution >= 0.6 is 0 Å². The molecule has 1 atom stereocenters. The number of likely N-dealkylation sites (tertiary alicyclic amines) is 1. The fourth-order valence-corrected chi connectivity index (χ4v) is 3.59. The van der Waals surface area contributed by atoms with Gasteiger partial charge in [-0.1, -0.05) is 6.92 Å². The molecule has 3 heterocycles. The summed E-state index contributed by atoms with van der Waals surface area (Å²) < 4.78 is 5.09. The van der Waals surface area contributed by atoms with Crippen molar-refractivity contribution in [2.24, 2.45) is 5.92 Å². The average Bonchev–Trinajstić information content (AvgIpc) is 3.22. The second kappa shape index (κ2) is 7.92. The topological polar surface area (TPSA) is 58.6 Å². The number of ether oxygens (including phenoxy) is 1. The normalized spacial score (nSPS) is 21.1. The zero-order valence-corrected chi connectivity index (χ0v) is 14.8. The Morgan fingerprint density at radius 2 is 2.00 bits per heavy atom. The van der Waals surface area contributed by atoms with Crippen molar-refractivity contribution in [2.75, 3.05) is 44.8 Å². The van der Waals surface area contributed by atoms with Gasteiger partial charge in [0.2, 0.25) is 11.9 Å². The maximum Gasteiger partial charge on any atom is 0.225 e. The second-order valence-corrected chi connectivity index (χ2v) is 6.81. The lowest BCUT2D eigenvalue weighted by molar-refractivity contribution is -0.128. The number of anilines is 1. The number of rotatable bonds is 7. The van der Waals surface area contributed by atoms with Gasteiger partial charge in [0.1, 0.15) is 0 Å². The van der Waals surface area contributed by atoms with Crippen molar-refractivity contribution < 1.29 is 9.53 Å². The summed E-state index contributed by atoms with van der Waals surface area (Å²) in [5.41, 5.74) is 2.18. The van der Waals surface area contributed by atoms with Gasteiger partial charge >= 0.3 is 0 Å². The third-order valence-corrected chi connectivity index (χ3v) is 4.93. The molecule has 0 radical (unpaired) electrons. The molecule has 6 heteroatoms. The predicted octanol–water partition coefficient (Wildman–Crippen LogP) is 1.68. The number of nitrogens with zero attached hydrogens (tertiary/aromatic N) is 4. The van der Waals surface area contributed by atoms with Crippen molar-refractivity contribution >= 4 is 11.9 Å². The Morgan fingerprint density at radius 3 is 2.71 bits per heavy atom. The second-order valence-electron chi connectivity index (χ2n) is 6.81. The molecule has 3 rings (SSSR count). The first-order chi connectivity index (χ1) is 11.7. The quantitative estimate of drug-likeness (QED) is 0.760. The van der Waals surface area contributed by atoms with Gasteiger partial charge in [-0.3, -0.25) is 4.79 Å². The van der Waals surface area contributed by atoms with Crippen LogP contribution in [0.5, 0.6) is 0 Å². The molecule has 1 unspecified atom stereocenters. The summed E-state index contributed by atoms with van der Waals surface area (Å²) >= 11 is 0. The molecule has 0 aromatic carbocycles. The van der Waals surface area contributed by atoms with Gasteiger partial charge in [0.05, 0.1) is 6.61 Å².